The monoisotopic (exact) mass is 286 g/mol. The molecule has 4 heteroatoms. The van der Waals surface area contributed by atoms with E-state index in [1.54, 1.807) is 0 Å². The van der Waals surface area contributed by atoms with Gasteiger partial charge in [0.25, 0.3) is 0 Å². The van der Waals surface area contributed by atoms with Crippen LogP contribution in [0.15, 0.2) is 42.6 Å². The summed E-state index contributed by atoms with van der Waals surface area (Å²) in [5, 5.41) is 2.92. The Hall–Kier alpha value is -2.23. The highest BCUT2D eigenvalue weighted by Gasteiger charge is 2.09. The van der Waals surface area contributed by atoms with Crippen molar-refractivity contribution in [2.75, 3.05) is 5.32 Å². The fourth-order valence-corrected chi connectivity index (χ4v) is 2.14. The third-order valence-electron chi connectivity index (χ3n) is 3.18. The van der Waals surface area contributed by atoms with Crippen LogP contribution in [0, 0.1) is 0 Å². The van der Waals surface area contributed by atoms with Gasteiger partial charge in [-0.3, -0.25) is 4.79 Å². The molecule has 0 fully saturated rings. The predicted molar refractivity (Wildman–Crippen MR) is 84.6 cm³/mol. The van der Waals surface area contributed by atoms with Crippen molar-refractivity contribution in [2.45, 2.75) is 32.8 Å². The van der Waals surface area contributed by atoms with Gasteiger partial charge in [0, 0.05) is 25.4 Å². The minimum atomic E-state index is -0.00370. The molecule has 4 nitrogen and oxygen atoms in total. The van der Waals surface area contributed by atoms with Gasteiger partial charge in [0.05, 0.1) is 11.8 Å². The Labute approximate surface area is 125 Å². The van der Waals surface area contributed by atoms with Gasteiger partial charge in [-0.05, 0) is 44.5 Å². The second-order valence-electron chi connectivity index (χ2n) is 5.32. The van der Waals surface area contributed by atoms with Crippen LogP contribution in [0.2, 0.25) is 0 Å². The van der Waals surface area contributed by atoms with Gasteiger partial charge in [-0.1, -0.05) is 12.1 Å². The number of aromatic nitrogens is 1. The molecule has 1 N–H and O–H groups in total. The number of hydrogen-bond donors (Lipinski definition) is 1. The Morgan fingerprint density at radius 3 is 2.67 bits per heavy atom. The number of carbonyl (C=O) groups is 1. The van der Waals surface area contributed by atoms with Crippen LogP contribution in [0.4, 0.5) is 5.69 Å². The molecule has 0 aliphatic carbocycles. The minimum Gasteiger partial charge on any atom is -0.489 e. The fourth-order valence-electron chi connectivity index (χ4n) is 2.14. The molecule has 0 spiro atoms. The Bertz CT molecular complexity index is 602. The standard InChI is InChI=1S/C17H22N2O2/c1-13(2)21-16-9-5-4-8-15(16)18-17(20)11-10-14-7-6-12-19(14)3/h4-9,12-13H,10-11H2,1-3H3,(H,18,20). The van der Waals surface area contributed by atoms with Crippen LogP contribution in [-0.4, -0.2) is 16.6 Å². The lowest BCUT2D eigenvalue weighted by Gasteiger charge is -2.14. The lowest BCUT2D eigenvalue weighted by molar-refractivity contribution is -0.116. The van der Waals surface area contributed by atoms with Crippen molar-refractivity contribution in [3.63, 3.8) is 0 Å². The fraction of sp³-hybridized carbons (Fsp3) is 0.353. The largest absolute Gasteiger partial charge is 0.489 e. The molecule has 1 heterocycles. The van der Waals surface area contributed by atoms with Crippen molar-refractivity contribution < 1.29 is 9.53 Å². The van der Waals surface area contributed by atoms with Crippen molar-refractivity contribution in [3.8, 4) is 5.75 Å². The summed E-state index contributed by atoms with van der Waals surface area (Å²) < 4.78 is 7.73. The summed E-state index contributed by atoms with van der Waals surface area (Å²) in [6.07, 6.45) is 3.24. The van der Waals surface area contributed by atoms with E-state index in [0.717, 1.165) is 17.8 Å². The van der Waals surface area contributed by atoms with Gasteiger partial charge in [-0.25, -0.2) is 0 Å². The predicted octanol–water partition coefficient (Wildman–Crippen LogP) is 3.38. The van der Waals surface area contributed by atoms with Crippen LogP contribution in [-0.2, 0) is 18.3 Å². The highest BCUT2D eigenvalue weighted by molar-refractivity contribution is 5.92. The topological polar surface area (TPSA) is 43.3 Å². The summed E-state index contributed by atoms with van der Waals surface area (Å²) >= 11 is 0. The van der Waals surface area contributed by atoms with E-state index >= 15 is 0 Å². The summed E-state index contributed by atoms with van der Waals surface area (Å²) in [5.41, 5.74) is 1.87. The zero-order chi connectivity index (χ0) is 15.2. The molecule has 0 atom stereocenters. The van der Waals surface area contributed by atoms with E-state index in [2.05, 4.69) is 5.32 Å². The van der Waals surface area contributed by atoms with Gasteiger partial charge in [0.1, 0.15) is 5.75 Å². The lowest BCUT2D eigenvalue weighted by Crippen LogP contribution is -2.15. The van der Waals surface area contributed by atoms with Gasteiger partial charge < -0.3 is 14.6 Å². The number of benzene rings is 1. The van der Waals surface area contributed by atoms with Crippen LogP contribution in [0.25, 0.3) is 0 Å². The van der Waals surface area contributed by atoms with Crippen LogP contribution in [0.3, 0.4) is 0 Å². The molecular weight excluding hydrogens is 264 g/mol. The maximum absolute atomic E-state index is 12.1. The molecule has 0 saturated heterocycles. The number of rotatable bonds is 6. The highest BCUT2D eigenvalue weighted by Crippen LogP contribution is 2.25. The molecule has 0 aliphatic rings. The number of amides is 1. The third kappa shape index (κ3) is 4.38. The maximum Gasteiger partial charge on any atom is 0.224 e. The average Bonchev–Trinajstić information content (AvgIpc) is 2.84. The quantitative estimate of drug-likeness (QED) is 0.884. The molecule has 21 heavy (non-hydrogen) atoms. The summed E-state index contributed by atoms with van der Waals surface area (Å²) in [6.45, 7) is 3.93. The van der Waals surface area contributed by atoms with E-state index < -0.39 is 0 Å². The molecule has 0 aliphatic heterocycles. The van der Waals surface area contributed by atoms with Crippen LogP contribution >= 0.6 is 0 Å². The summed E-state index contributed by atoms with van der Waals surface area (Å²) in [5.74, 6) is 0.704. The summed E-state index contributed by atoms with van der Waals surface area (Å²) in [4.78, 5) is 12.1. The molecule has 0 bridgehead atoms. The molecule has 112 valence electrons. The second-order valence-corrected chi connectivity index (χ2v) is 5.32. The number of nitrogens with zero attached hydrogens (tertiary/aromatic N) is 1. The molecule has 2 rings (SSSR count). The van der Waals surface area contributed by atoms with Crippen LogP contribution < -0.4 is 10.1 Å². The van der Waals surface area contributed by atoms with Gasteiger partial charge in [-0.15, -0.1) is 0 Å². The number of anilines is 1. The molecular formula is C17H22N2O2. The molecule has 0 saturated carbocycles. The van der Waals surface area contributed by atoms with Gasteiger partial charge in [0.15, 0.2) is 0 Å². The van der Waals surface area contributed by atoms with Gasteiger partial charge in [0.2, 0.25) is 5.91 Å². The first-order chi connectivity index (χ1) is 10.1. The molecule has 2 aromatic rings. The SMILES string of the molecule is CC(C)Oc1ccccc1NC(=O)CCc1cccn1C. The third-order valence-corrected chi connectivity index (χ3v) is 3.18. The van der Waals surface area contributed by atoms with Gasteiger partial charge >= 0.3 is 0 Å². The Morgan fingerprint density at radius 2 is 2.00 bits per heavy atom. The van der Waals surface area contributed by atoms with Gasteiger partial charge in [-0.2, -0.15) is 0 Å². The number of hydrogen-bond acceptors (Lipinski definition) is 2. The highest BCUT2D eigenvalue weighted by atomic mass is 16.5. The summed E-state index contributed by atoms with van der Waals surface area (Å²) in [6, 6.07) is 11.5. The molecule has 1 aromatic heterocycles. The molecule has 0 radical (unpaired) electrons. The second kappa shape index (κ2) is 6.97. The maximum atomic E-state index is 12.1. The first-order valence-corrected chi connectivity index (χ1v) is 7.22. The molecule has 1 amide bonds. The first kappa shape index (κ1) is 15.2. The summed E-state index contributed by atoms with van der Waals surface area (Å²) in [7, 11) is 1.99. The Balaban J connectivity index is 1.95. The van der Waals surface area contributed by atoms with Crippen LogP contribution in [0.5, 0.6) is 5.75 Å². The lowest BCUT2D eigenvalue weighted by atomic mass is 10.2. The molecule has 0 unspecified atom stereocenters. The van der Waals surface area contributed by atoms with Crippen molar-refractivity contribution in [1.29, 1.82) is 0 Å². The Kier molecular flexibility index (Phi) is 5.04. The van der Waals surface area contributed by atoms with E-state index in [9.17, 15) is 4.79 Å². The number of para-hydroxylation sites is 2. The number of nitrogens with one attached hydrogen (secondary N) is 1. The zero-order valence-electron chi connectivity index (χ0n) is 12.8. The van der Waals surface area contributed by atoms with Crippen molar-refractivity contribution in [3.05, 3.63) is 48.3 Å². The minimum absolute atomic E-state index is 0.00370. The van der Waals surface area contributed by atoms with E-state index in [1.165, 1.54) is 0 Å². The van der Waals surface area contributed by atoms with Crippen LogP contribution in [0.1, 0.15) is 26.0 Å². The molecule has 1 aromatic carbocycles. The van der Waals surface area contributed by atoms with E-state index in [-0.39, 0.29) is 12.0 Å². The average molecular weight is 286 g/mol. The number of carbonyl (C=O) groups excluding carboxylic acids is 1. The van der Waals surface area contributed by atoms with E-state index in [4.69, 9.17) is 4.74 Å². The zero-order valence-corrected chi connectivity index (χ0v) is 12.8. The van der Waals surface area contributed by atoms with E-state index in [1.807, 2.05) is 68.1 Å². The number of ether oxygens (including phenoxy) is 1. The first-order valence-electron chi connectivity index (χ1n) is 7.22. The normalized spacial score (nSPS) is 10.7. The van der Waals surface area contributed by atoms with E-state index in [0.29, 0.717) is 12.2 Å². The van der Waals surface area contributed by atoms with Crippen molar-refractivity contribution >= 4 is 11.6 Å². The number of aryl methyl sites for hydroxylation is 2. The smallest absolute Gasteiger partial charge is 0.224 e. The Morgan fingerprint density at radius 1 is 1.24 bits per heavy atom. The van der Waals surface area contributed by atoms with Crippen molar-refractivity contribution in [1.82, 2.24) is 4.57 Å². The van der Waals surface area contributed by atoms with Crippen molar-refractivity contribution in [2.24, 2.45) is 7.05 Å².